The number of nitrogens with one attached hydrogen (secondary N) is 1. The van der Waals surface area contributed by atoms with Crippen LogP contribution in [0.2, 0.25) is 0 Å². The van der Waals surface area contributed by atoms with Gasteiger partial charge in [-0.05, 0) is 44.5 Å². The first-order valence-electron chi connectivity index (χ1n) is 7.45. The molecule has 0 spiro atoms. The summed E-state index contributed by atoms with van der Waals surface area (Å²) >= 11 is 3.40. The smallest absolute Gasteiger partial charge is 0.270 e. The Hall–Kier alpha value is -0.980. The Labute approximate surface area is 134 Å². The average molecular weight is 356 g/mol. The Morgan fingerprint density at radius 1 is 1.38 bits per heavy atom. The fourth-order valence-corrected chi connectivity index (χ4v) is 3.20. The number of non-ortho nitro benzene ring substituents is 1. The van der Waals surface area contributed by atoms with Gasteiger partial charge in [0.25, 0.3) is 5.69 Å². The Morgan fingerprint density at radius 2 is 2.10 bits per heavy atom. The van der Waals surface area contributed by atoms with Crippen molar-refractivity contribution in [2.45, 2.75) is 38.8 Å². The topological polar surface area (TPSA) is 58.4 Å². The fourth-order valence-electron chi connectivity index (χ4n) is 2.70. The van der Waals surface area contributed by atoms with Gasteiger partial charge in [0.1, 0.15) is 0 Å². The van der Waals surface area contributed by atoms with Crippen LogP contribution in [0, 0.1) is 10.1 Å². The molecule has 0 aromatic heterocycles. The quantitative estimate of drug-likeness (QED) is 0.628. The van der Waals surface area contributed by atoms with Gasteiger partial charge in [0.05, 0.1) is 4.92 Å². The summed E-state index contributed by atoms with van der Waals surface area (Å²) in [5.74, 6) is 0. The molecule has 0 amide bonds. The van der Waals surface area contributed by atoms with Gasteiger partial charge < -0.3 is 5.32 Å². The maximum absolute atomic E-state index is 10.7. The molecular formula is C15H22BrN3O2. The molecule has 5 nitrogen and oxygen atoms in total. The van der Waals surface area contributed by atoms with Crippen LogP contribution in [0.15, 0.2) is 22.7 Å². The second-order valence-electron chi connectivity index (χ2n) is 5.61. The number of benzene rings is 1. The van der Waals surface area contributed by atoms with Gasteiger partial charge >= 0.3 is 0 Å². The lowest BCUT2D eigenvalue weighted by Crippen LogP contribution is -2.42. The lowest BCUT2D eigenvalue weighted by molar-refractivity contribution is -0.384. The third-order valence-electron chi connectivity index (χ3n) is 4.02. The average Bonchev–Trinajstić information content (AvgIpc) is 2.49. The van der Waals surface area contributed by atoms with E-state index in [9.17, 15) is 10.1 Å². The van der Waals surface area contributed by atoms with Gasteiger partial charge in [0, 0.05) is 35.7 Å². The summed E-state index contributed by atoms with van der Waals surface area (Å²) < 4.78 is 0.787. The molecule has 0 aliphatic carbocycles. The van der Waals surface area contributed by atoms with Crippen molar-refractivity contribution in [1.82, 2.24) is 10.2 Å². The number of nitro groups is 1. The molecule has 1 atom stereocenters. The molecule has 0 bridgehead atoms. The SMILES string of the molecule is CC(CNCc1ccc([N+](=O)[O-])cc1Br)N1CCCCC1. The number of nitrogens with zero attached hydrogens (tertiary/aromatic N) is 2. The van der Waals surface area contributed by atoms with Crippen LogP contribution in [-0.4, -0.2) is 35.5 Å². The van der Waals surface area contributed by atoms with Crippen LogP contribution in [0.25, 0.3) is 0 Å². The van der Waals surface area contributed by atoms with Gasteiger partial charge in [0.15, 0.2) is 0 Å². The first kappa shape index (κ1) is 16.4. The molecule has 0 saturated carbocycles. The highest BCUT2D eigenvalue weighted by Crippen LogP contribution is 2.22. The van der Waals surface area contributed by atoms with E-state index in [2.05, 4.69) is 33.1 Å². The minimum Gasteiger partial charge on any atom is -0.311 e. The first-order chi connectivity index (χ1) is 10.1. The molecule has 0 radical (unpaired) electrons. The molecule has 116 valence electrons. The lowest BCUT2D eigenvalue weighted by Gasteiger charge is -2.32. The molecule has 6 heteroatoms. The Morgan fingerprint density at radius 3 is 2.71 bits per heavy atom. The zero-order chi connectivity index (χ0) is 15.2. The number of rotatable bonds is 6. The van der Waals surface area contributed by atoms with E-state index in [1.165, 1.54) is 32.4 Å². The number of hydrogen-bond acceptors (Lipinski definition) is 4. The van der Waals surface area contributed by atoms with E-state index in [1.807, 2.05) is 0 Å². The van der Waals surface area contributed by atoms with Crippen LogP contribution in [0.5, 0.6) is 0 Å². The summed E-state index contributed by atoms with van der Waals surface area (Å²) in [5, 5.41) is 14.2. The summed E-state index contributed by atoms with van der Waals surface area (Å²) in [7, 11) is 0. The Kier molecular flexibility index (Phi) is 6.14. The summed E-state index contributed by atoms with van der Waals surface area (Å²) in [4.78, 5) is 12.9. The summed E-state index contributed by atoms with van der Waals surface area (Å²) in [6.07, 6.45) is 3.96. The van der Waals surface area contributed by atoms with Crippen LogP contribution in [0.3, 0.4) is 0 Å². The highest BCUT2D eigenvalue weighted by Gasteiger charge is 2.16. The van der Waals surface area contributed by atoms with Crippen molar-refractivity contribution in [1.29, 1.82) is 0 Å². The summed E-state index contributed by atoms with van der Waals surface area (Å²) in [6.45, 7) is 6.30. The van der Waals surface area contributed by atoms with Crippen LogP contribution < -0.4 is 5.32 Å². The van der Waals surface area contributed by atoms with Crippen LogP contribution in [-0.2, 0) is 6.54 Å². The van der Waals surface area contributed by atoms with Gasteiger partial charge in [-0.15, -0.1) is 0 Å². The molecule has 2 rings (SSSR count). The molecule has 1 fully saturated rings. The van der Waals surface area contributed by atoms with Gasteiger partial charge in [-0.1, -0.05) is 22.4 Å². The molecule has 1 N–H and O–H groups in total. The molecule has 1 heterocycles. The van der Waals surface area contributed by atoms with E-state index < -0.39 is 0 Å². The molecule has 1 aliphatic heterocycles. The van der Waals surface area contributed by atoms with Gasteiger partial charge in [-0.3, -0.25) is 15.0 Å². The highest BCUT2D eigenvalue weighted by atomic mass is 79.9. The van der Waals surface area contributed by atoms with Crippen molar-refractivity contribution < 1.29 is 4.92 Å². The van der Waals surface area contributed by atoms with E-state index in [1.54, 1.807) is 18.2 Å². The summed E-state index contributed by atoms with van der Waals surface area (Å²) in [6, 6.07) is 5.45. The Bertz CT molecular complexity index is 490. The third kappa shape index (κ3) is 4.76. The van der Waals surface area contributed by atoms with Crippen LogP contribution in [0.1, 0.15) is 31.7 Å². The summed E-state index contributed by atoms with van der Waals surface area (Å²) in [5.41, 5.74) is 1.17. The van der Waals surface area contributed by atoms with Gasteiger partial charge in [0.2, 0.25) is 0 Å². The Balaban J connectivity index is 1.81. The molecule has 1 aromatic rings. The maximum atomic E-state index is 10.7. The number of piperidine rings is 1. The predicted octanol–water partition coefficient (Wildman–Crippen LogP) is 3.32. The van der Waals surface area contributed by atoms with Crippen molar-refractivity contribution in [3.63, 3.8) is 0 Å². The third-order valence-corrected chi connectivity index (χ3v) is 4.75. The molecule has 1 saturated heterocycles. The number of halogens is 1. The fraction of sp³-hybridized carbons (Fsp3) is 0.600. The molecular weight excluding hydrogens is 334 g/mol. The normalized spacial score (nSPS) is 17.6. The monoisotopic (exact) mass is 355 g/mol. The second kappa shape index (κ2) is 7.87. The van der Waals surface area contributed by atoms with E-state index >= 15 is 0 Å². The lowest BCUT2D eigenvalue weighted by atomic mass is 10.1. The van der Waals surface area contributed by atoms with E-state index in [-0.39, 0.29) is 10.6 Å². The second-order valence-corrected chi connectivity index (χ2v) is 6.46. The number of likely N-dealkylation sites (tertiary alicyclic amines) is 1. The van der Waals surface area contributed by atoms with Gasteiger partial charge in [-0.25, -0.2) is 0 Å². The predicted molar refractivity (Wildman–Crippen MR) is 87.4 cm³/mol. The van der Waals surface area contributed by atoms with Gasteiger partial charge in [-0.2, -0.15) is 0 Å². The molecule has 1 aromatic carbocycles. The number of hydrogen-bond donors (Lipinski definition) is 1. The van der Waals surface area contributed by atoms with Crippen molar-refractivity contribution in [3.05, 3.63) is 38.3 Å². The van der Waals surface area contributed by atoms with Crippen molar-refractivity contribution in [3.8, 4) is 0 Å². The zero-order valence-electron chi connectivity index (χ0n) is 12.3. The minimum atomic E-state index is -0.375. The molecule has 1 unspecified atom stereocenters. The minimum absolute atomic E-state index is 0.118. The highest BCUT2D eigenvalue weighted by molar-refractivity contribution is 9.10. The van der Waals surface area contributed by atoms with Crippen molar-refractivity contribution in [2.24, 2.45) is 0 Å². The van der Waals surface area contributed by atoms with E-state index in [0.29, 0.717) is 6.04 Å². The van der Waals surface area contributed by atoms with Crippen molar-refractivity contribution >= 4 is 21.6 Å². The van der Waals surface area contributed by atoms with Crippen LogP contribution >= 0.6 is 15.9 Å². The maximum Gasteiger partial charge on any atom is 0.270 e. The van der Waals surface area contributed by atoms with Crippen LogP contribution in [0.4, 0.5) is 5.69 Å². The largest absolute Gasteiger partial charge is 0.311 e. The van der Waals surface area contributed by atoms with E-state index in [4.69, 9.17) is 0 Å². The molecule has 21 heavy (non-hydrogen) atoms. The number of nitro benzene ring substituents is 1. The standard InChI is InChI=1S/C15H22BrN3O2/c1-12(18-7-3-2-4-8-18)10-17-11-13-5-6-14(19(20)21)9-15(13)16/h5-6,9,12,17H,2-4,7-8,10-11H2,1H3. The molecule has 1 aliphatic rings. The first-order valence-corrected chi connectivity index (χ1v) is 8.25. The van der Waals surface area contributed by atoms with E-state index in [0.717, 1.165) is 23.1 Å². The zero-order valence-corrected chi connectivity index (χ0v) is 13.9. The van der Waals surface area contributed by atoms with Crippen molar-refractivity contribution in [2.75, 3.05) is 19.6 Å².